The molecular weight excluding hydrogens is 396 g/mol. The minimum Gasteiger partial charge on any atom is -0.435 e. The molecule has 1 aliphatic heterocycles. The van der Waals surface area contributed by atoms with Gasteiger partial charge >= 0.3 is 12.6 Å². The minimum absolute atomic E-state index is 0.0566. The number of hydrogen-bond acceptors (Lipinski definition) is 4. The zero-order valence-corrected chi connectivity index (χ0v) is 17.5. The first-order valence-corrected chi connectivity index (χ1v) is 10.2. The van der Waals surface area contributed by atoms with Gasteiger partial charge in [-0.3, -0.25) is 14.5 Å². The Labute approximate surface area is 175 Å². The van der Waals surface area contributed by atoms with Crippen molar-refractivity contribution in [2.24, 2.45) is 5.92 Å². The minimum atomic E-state index is -2.96. The van der Waals surface area contributed by atoms with Gasteiger partial charge in [-0.2, -0.15) is 8.78 Å². The molecular formula is C21H29F2N3O4. The van der Waals surface area contributed by atoms with Crippen LogP contribution in [0.4, 0.5) is 13.6 Å². The second kappa shape index (κ2) is 10.4. The van der Waals surface area contributed by atoms with Crippen LogP contribution in [0, 0.1) is 5.92 Å². The molecule has 2 atom stereocenters. The Morgan fingerprint density at radius 2 is 1.90 bits per heavy atom. The summed E-state index contributed by atoms with van der Waals surface area (Å²) in [5.41, 5.74) is -0.996. The Balaban J connectivity index is 2.00. The number of imide groups is 1. The number of nitrogens with one attached hydrogen (secondary N) is 2. The van der Waals surface area contributed by atoms with Gasteiger partial charge in [0.1, 0.15) is 17.8 Å². The molecule has 0 radical (unpaired) electrons. The van der Waals surface area contributed by atoms with Crippen LogP contribution in [-0.4, -0.2) is 42.4 Å². The summed E-state index contributed by atoms with van der Waals surface area (Å²) in [7, 11) is 0. The lowest BCUT2D eigenvalue weighted by Crippen LogP contribution is -2.44. The number of urea groups is 1. The zero-order valence-electron chi connectivity index (χ0n) is 17.5. The second-order valence-corrected chi connectivity index (χ2v) is 7.57. The van der Waals surface area contributed by atoms with E-state index >= 15 is 0 Å². The highest BCUT2D eigenvalue weighted by Gasteiger charge is 2.49. The van der Waals surface area contributed by atoms with Gasteiger partial charge in [-0.15, -0.1) is 0 Å². The summed E-state index contributed by atoms with van der Waals surface area (Å²) in [6.45, 7) is 2.85. The predicted molar refractivity (Wildman–Crippen MR) is 107 cm³/mol. The average Bonchev–Trinajstić information content (AvgIpc) is 2.92. The molecule has 0 saturated carbocycles. The molecule has 0 spiro atoms. The Morgan fingerprint density at radius 1 is 1.23 bits per heavy atom. The summed E-state index contributed by atoms with van der Waals surface area (Å²) < 4.78 is 28.9. The number of rotatable bonds is 11. The fourth-order valence-electron chi connectivity index (χ4n) is 3.41. The maximum atomic E-state index is 12.9. The summed E-state index contributed by atoms with van der Waals surface area (Å²) in [5.74, 6) is -0.684. The van der Waals surface area contributed by atoms with Gasteiger partial charge in [0, 0.05) is 6.54 Å². The van der Waals surface area contributed by atoms with E-state index < -0.39 is 30.0 Å². The summed E-state index contributed by atoms with van der Waals surface area (Å²) >= 11 is 0. The monoisotopic (exact) mass is 425 g/mol. The lowest BCUT2D eigenvalue weighted by molar-refractivity contribution is -0.134. The SMILES string of the molecule is CCCC[C@@H](CC)CNC(=O)CN1C(=O)N[C@](C)(c2ccc(OC(F)F)cc2)C1=O. The zero-order chi connectivity index (χ0) is 22.3. The largest absolute Gasteiger partial charge is 0.435 e. The molecule has 0 aliphatic carbocycles. The van der Waals surface area contributed by atoms with E-state index in [9.17, 15) is 23.2 Å². The molecule has 1 aromatic rings. The molecule has 9 heteroatoms. The van der Waals surface area contributed by atoms with Crippen LogP contribution in [0.1, 0.15) is 52.0 Å². The highest BCUT2D eigenvalue weighted by atomic mass is 19.3. The highest BCUT2D eigenvalue weighted by molar-refractivity contribution is 6.09. The van der Waals surface area contributed by atoms with Gasteiger partial charge in [-0.25, -0.2) is 4.79 Å². The van der Waals surface area contributed by atoms with Crippen molar-refractivity contribution in [2.75, 3.05) is 13.1 Å². The molecule has 2 rings (SSSR count). The van der Waals surface area contributed by atoms with Crippen LogP contribution in [0.25, 0.3) is 0 Å². The molecule has 0 unspecified atom stereocenters. The topological polar surface area (TPSA) is 87.7 Å². The van der Waals surface area contributed by atoms with Crippen LogP contribution < -0.4 is 15.4 Å². The third kappa shape index (κ3) is 5.67. The number of amides is 4. The maximum absolute atomic E-state index is 12.9. The number of alkyl halides is 2. The number of benzene rings is 1. The molecule has 4 amide bonds. The first-order chi connectivity index (χ1) is 14.2. The predicted octanol–water partition coefficient (Wildman–Crippen LogP) is 3.39. The number of hydrogen-bond donors (Lipinski definition) is 2. The van der Waals surface area contributed by atoms with Gasteiger partial charge in [0.2, 0.25) is 5.91 Å². The van der Waals surface area contributed by atoms with Gasteiger partial charge in [-0.05, 0) is 37.0 Å². The summed E-state index contributed by atoms with van der Waals surface area (Å²) in [4.78, 5) is 38.4. The van der Waals surface area contributed by atoms with Crippen LogP contribution in [-0.2, 0) is 15.1 Å². The van der Waals surface area contributed by atoms with Crippen molar-refractivity contribution >= 4 is 17.8 Å². The molecule has 30 heavy (non-hydrogen) atoms. The van der Waals surface area contributed by atoms with Crippen LogP contribution in [0.3, 0.4) is 0 Å². The Morgan fingerprint density at radius 3 is 2.47 bits per heavy atom. The Kier molecular flexibility index (Phi) is 8.14. The Hall–Kier alpha value is -2.71. The number of halogens is 2. The van der Waals surface area contributed by atoms with Crippen molar-refractivity contribution in [3.05, 3.63) is 29.8 Å². The molecule has 7 nitrogen and oxygen atoms in total. The maximum Gasteiger partial charge on any atom is 0.387 e. The molecule has 0 aromatic heterocycles. The fourth-order valence-corrected chi connectivity index (χ4v) is 3.41. The van der Waals surface area contributed by atoms with E-state index in [2.05, 4.69) is 29.2 Å². The number of carbonyl (C=O) groups excluding carboxylic acids is 3. The molecule has 1 aliphatic rings. The van der Waals surface area contributed by atoms with Crippen molar-refractivity contribution in [2.45, 2.75) is 58.6 Å². The number of carbonyl (C=O) groups is 3. The number of nitrogens with zero attached hydrogens (tertiary/aromatic N) is 1. The molecule has 2 N–H and O–H groups in total. The third-order valence-corrected chi connectivity index (χ3v) is 5.36. The van der Waals surface area contributed by atoms with Crippen LogP contribution >= 0.6 is 0 Å². The van der Waals surface area contributed by atoms with Gasteiger partial charge in [0.25, 0.3) is 5.91 Å². The quantitative estimate of drug-likeness (QED) is 0.532. The normalized spacial score (nSPS) is 19.7. The van der Waals surface area contributed by atoms with E-state index in [1.54, 1.807) is 0 Å². The van der Waals surface area contributed by atoms with Crippen molar-refractivity contribution in [3.8, 4) is 5.75 Å². The Bertz CT molecular complexity index is 757. The van der Waals surface area contributed by atoms with E-state index in [0.717, 1.165) is 30.6 Å². The summed E-state index contributed by atoms with van der Waals surface area (Å²) in [6.07, 6.45) is 4.12. The van der Waals surface area contributed by atoms with Gasteiger partial charge < -0.3 is 15.4 Å². The summed E-state index contributed by atoms with van der Waals surface area (Å²) in [5, 5.41) is 5.39. The van der Waals surface area contributed by atoms with Crippen molar-refractivity contribution in [1.82, 2.24) is 15.5 Å². The average molecular weight is 425 g/mol. The highest BCUT2D eigenvalue weighted by Crippen LogP contribution is 2.30. The van der Waals surface area contributed by atoms with E-state index in [0.29, 0.717) is 18.0 Å². The molecule has 166 valence electrons. The summed E-state index contributed by atoms with van der Waals surface area (Å²) in [6, 6.07) is 4.77. The van der Waals surface area contributed by atoms with Gasteiger partial charge in [0.05, 0.1) is 0 Å². The first-order valence-electron chi connectivity index (χ1n) is 10.2. The molecule has 1 fully saturated rings. The molecule has 1 heterocycles. The van der Waals surface area contributed by atoms with Gasteiger partial charge in [0.15, 0.2) is 0 Å². The van der Waals surface area contributed by atoms with Crippen molar-refractivity contribution in [3.63, 3.8) is 0 Å². The third-order valence-electron chi connectivity index (χ3n) is 5.36. The van der Waals surface area contributed by atoms with Crippen molar-refractivity contribution < 1.29 is 27.9 Å². The van der Waals surface area contributed by atoms with Crippen LogP contribution in [0.5, 0.6) is 5.75 Å². The smallest absolute Gasteiger partial charge is 0.387 e. The lowest BCUT2D eigenvalue weighted by atomic mass is 9.92. The van der Waals surface area contributed by atoms with Crippen LogP contribution in [0.15, 0.2) is 24.3 Å². The molecule has 1 saturated heterocycles. The number of unbranched alkanes of at least 4 members (excludes halogenated alkanes) is 1. The molecule has 0 bridgehead atoms. The second-order valence-electron chi connectivity index (χ2n) is 7.57. The lowest BCUT2D eigenvalue weighted by Gasteiger charge is -2.22. The van der Waals surface area contributed by atoms with E-state index in [4.69, 9.17) is 0 Å². The van der Waals surface area contributed by atoms with E-state index in [1.165, 1.54) is 31.2 Å². The standard InChI is InChI=1S/C21H29F2N3O4/c1-4-6-7-14(5-2)12-24-17(27)13-26-18(28)21(3,25-20(26)29)15-8-10-16(11-9-15)30-19(22)23/h8-11,14,19H,4-7,12-13H2,1-3H3,(H,24,27)(H,25,29)/t14-,21-/m1/s1. The van der Waals surface area contributed by atoms with E-state index in [-0.39, 0.29) is 12.3 Å². The van der Waals surface area contributed by atoms with Crippen molar-refractivity contribution in [1.29, 1.82) is 0 Å². The van der Waals surface area contributed by atoms with Crippen LogP contribution in [0.2, 0.25) is 0 Å². The fraction of sp³-hybridized carbons (Fsp3) is 0.571. The first kappa shape index (κ1) is 23.6. The van der Waals surface area contributed by atoms with E-state index in [1.807, 2.05) is 0 Å². The molecule has 1 aromatic carbocycles. The van der Waals surface area contributed by atoms with Gasteiger partial charge in [-0.1, -0.05) is 45.2 Å². The number of ether oxygens (including phenoxy) is 1.